The SMILES string of the molecule is CCC(C)Sc1ncc(Br)cc1F. The number of aromatic nitrogens is 1. The lowest BCUT2D eigenvalue weighted by atomic mass is 10.4. The van der Waals surface area contributed by atoms with Gasteiger partial charge in [0.05, 0.1) is 0 Å². The number of thioether (sulfide) groups is 1. The third-order valence-corrected chi connectivity index (χ3v) is 3.35. The highest BCUT2D eigenvalue weighted by molar-refractivity contribution is 9.10. The molecule has 0 aromatic carbocycles. The number of halogens is 2. The fourth-order valence-electron chi connectivity index (χ4n) is 0.763. The fraction of sp³-hybridized carbons (Fsp3) is 0.444. The third-order valence-electron chi connectivity index (χ3n) is 1.66. The fourth-order valence-corrected chi connectivity index (χ4v) is 1.90. The molecule has 1 atom stereocenters. The van der Waals surface area contributed by atoms with Gasteiger partial charge in [0.2, 0.25) is 0 Å². The molecule has 1 aromatic rings. The molecule has 4 heteroatoms. The molecule has 1 rings (SSSR count). The van der Waals surface area contributed by atoms with E-state index in [1.54, 1.807) is 6.20 Å². The summed E-state index contributed by atoms with van der Waals surface area (Å²) in [5.74, 6) is -0.250. The van der Waals surface area contributed by atoms with E-state index >= 15 is 0 Å². The number of nitrogens with zero attached hydrogens (tertiary/aromatic N) is 1. The Hall–Kier alpha value is -0.0900. The second kappa shape index (κ2) is 4.96. The van der Waals surface area contributed by atoms with Gasteiger partial charge >= 0.3 is 0 Å². The molecule has 13 heavy (non-hydrogen) atoms. The van der Waals surface area contributed by atoms with Crippen LogP contribution in [0, 0.1) is 5.82 Å². The smallest absolute Gasteiger partial charge is 0.156 e. The molecule has 0 aliphatic rings. The normalized spacial score (nSPS) is 12.9. The van der Waals surface area contributed by atoms with Crippen LogP contribution in [0.2, 0.25) is 0 Å². The highest BCUT2D eigenvalue weighted by Crippen LogP contribution is 2.26. The molecule has 0 radical (unpaired) electrons. The van der Waals surface area contributed by atoms with Crippen LogP contribution in [0.25, 0.3) is 0 Å². The van der Waals surface area contributed by atoms with Crippen molar-refractivity contribution >= 4 is 27.7 Å². The molecule has 0 N–H and O–H groups in total. The van der Waals surface area contributed by atoms with Crippen molar-refractivity contribution in [2.75, 3.05) is 0 Å². The van der Waals surface area contributed by atoms with E-state index in [-0.39, 0.29) is 5.82 Å². The maximum absolute atomic E-state index is 13.2. The Morgan fingerprint density at radius 1 is 1.69 bits per heavy atom. The highest BCUT2D eigenvalue weighted by Gasteiger charge is 2.08. The van der Waals surface area contributed by atoms with Gasteiger partial charge in [0.15, 0.2) is 5.82 Å². The minimum absolute atomic E-state index is 0.250. The first-order valence-corrected chi connectivity index (χ1v) is 5.78. The number of hydrogen-bond donors (Lipinski definition) is 0. The van der Waals surface area contributed by atoms with Crippen LogP contribution in [0.5, 0.6) is 0 Å². The molecule has 72 valence electrons. The van der Waals surface area contributed by atoms with Crippen LogP contribution in [0.1, 0.15) is 20.3 Å². The minimum atomic E-state index is -0.250. The van der Waals surface area contributed by atoms with Gasteiger partial charge in [0.1, 0.15) is 5.03 Å². The van der Waals surface area contributed by atoms with Crippen molar-refractivity contribution in [2.45, 2.75) is 30.5 Å². The molecule has 1 aromatic heterocycles. The van der Waals surface area contributed by atoms with E-state index in [0.29, 0.717) is 14.7 Å². The summed E-state index contributed by atoms with van der Waals surface area (Å²) >= 11 is 4.64. The van der Waals surface area contributed by atoms with Crippen molar-refractivity contribution in [3.05, 3.63) is 22.6 Å². The molecule has 0 spiro atoms. The van der Waals surface area contributed by atoms with Gasteiger partial charge in [-0.15, -0.1) is 11.8 Å². The van der Waals surface area contributed by atoms with Crippen molar-refractivity contribution in [1.29, 1.82) is 0 Å². The summed E-state index contributed by atoms with van der Waals surface area (Å²) < 4.78 is 13.9. The predicted molar refractivity (Wildman–Crippen MR) is 57.5 cm³/mol. The molecule has 0 aliphatic carbocycles. The van der Waals surface area contributed by atoms with Crippen LogP contribution in [-0.4, -0.2) is 10.2 Å². The van der Waals surface area contributed by atoms with Gasteiger partial charge in [-0.2, -0.15) is 0 Å². The van der Waals surface area contributed by atoms with Crippen molar-refractivity contribution in [1.82, 2.24) is 4.98 Å². The quantitative estimate of drug-likeness (QED) is 0.768. The van der Waals surface area contributed by atoms with Crippen LogP contribution >= 0.6 is 27.7 Å². The van der Waals surface area contributed by atoms with Gasteiger partial charge < -0.3 is 0 Å². The molecule has 0 amide bonds. The van der Waals surface area contributed by atoms with E-state index in [1.165, 1.54) is 17.8 Å². The number of pyridine rings is 1. The standard InChI is InChI=1S/C9H11BrFNS/c1-3-6(2)13-9-8(11)4-7(10)5-12-9/h4-6H,3H2,1-2H3. The monoisotopic (exact) mass is 263 g/mol. The van der Waals surface area contributed by atoms with Crippen molar-refractivity contribution in [3.63, 3.8) is 0 Å². The summed E-state index contributed by atoms with van der Waals surface area (Å²) in [6, 6.07) is 1.44. The maximum Gasteiger partial charge on any atom is 0.156 e. The van der Waals surface area contributed by atoms with E-state index in [2.05, 4.69) is 34.8 Å². The average molecular weight is 264 g/mol. The van der Waals surface area contributed by atoms with Gasteiger partial charge in [-0.25, -0.2) is 9.37 Å². The second-order valence-electron chi connectivity index (χ2n) is 2.78. The molecule has 0 saturated carbocycles. The lowest BCUT2D eigenvalue weighted by molar-refractivity contribution is 0.586. The molecule has 0 aliphatic heterocycles. The lowest BCUT2D eigenvalue weighted by Gasteiger charge is -2.07. The molecule has 0 bridgehead atoms. The zero-order valence-electron chi connectivity index (χ0n) is 7.55. The Labute approximate surface area is 90.3 Å². The summed E-state index contributed by atoms with van der Waals surface area (Å²) in [7, 11) is 0. The van der Waals surface area contributed by atoms with E-state index in [0.717, 1.165) is 6.42 Å². The molecule has 0 fully saturated rings. The van der Waals surface area contributed by atoms with Crippen LogP contribution in [-0.2, 0) is 0 Å². The van der Waals surface area contributed by atoms with Gasteiger partial charge in [-0.05, 0) is 28.4 Å². The number of rotatable bonds is 3. The van der Waals surface area contributed by atoms with Crippen molar-refractivity contribution in [2.24, 2.45) is 0 Å². The van der Waals surface area contributed by atoms with Crippen molar-refractivity contribution < 1.29 is 4.39 Å². The van der Waals surface area contributed by atoms with E-state index < -0.39 is 0 Å². The largest absolute Gasteiger partial charge is 0.246 e. The Morgan fingerprint density at radius 3 is 2.92 bits per heavy atom. The molecule has 1 nitrogen and oxygen atoms in total. The summed E-state index contributed by atoms with van der Waals surface area (Å²) in [6.45, 7) is 4.14. The summed E-state index contributed by atoms with van der Waals surface area (Å²) in [5.41, 5.74) is 0. The Balaban J connectivity index is 2.77. The zero-order chi connectivity index (χ0) is 9.84. The van der Waals surface area contributed by atoms with E-state index in [9.17, 15) is 4.39 Å². The van der Waals surface area contributed by atoms with Gasteiger partial charge in [-0.3, -0.25) is 0 Å². The minimum Gasteiger partial charge on any atom is -0.246 e. The Bertz CT molecular complexity index is 293. The van der Waals surface area contributed by atoms with Gasteiger partial charge in [0, 0.05) is 15.9 Å². The molecule has 1 unspecified atom stereocenters. The highest BCUT2D eigenvalue weighted by atomic mass is 79.9. The van der Waals surface area contributed by atoms with Gasteiger partial charge in [0.25, 0.3) is 0 Å². The molecular formula is C9H11BrFNS. The van der Waals surface area contributed by atoms with Crippen LogP contribution in [0.3, 0.4) is 0 Å². The summed E-state index contributed by atoms with van der Waals surface area (Å²) in [5, 5.41) is 0.890. The molecule has 0 saturated heterocycles. The van der Waals surface area contributed by atoms with Gasteiger partial charge in [-0.1, -0.05) is 13.8 Å². The van der Waals surface area contributed by atoms with E-state index in [4.69, 9.17) is 0 Å². The topological polar surface area (TPSA) is 12.9 Å². The molecular weight excluding hydrogens is 253 g/mol. The Kier molecular flexibility index (Phi) is 4.19. The maximum atomic E-state index is 13.2. The first-order chi connectivity index (χ1) is 6.13. The summed E-state index contributed by atoms with van der Waals surface area (Å²) in [4.78, 5) is 4.01. The molecule has 1 heterocycles. The van der Waals surface area contributed by atoms with Crippen LogP contribution < -0.4 is 0 Å². The zero-order valence-corrected chi connectivity index (χ0v) is 9.95. The lowest BCUT2D eigenvalue weighted by Crippen LogP contribution is -1.95. The van der Waals surface area contributed by atoms with Crippen LogP contribution in [0.4, 0.5) is 4.39 Å². The first-order valence-electron chi connectivity index (χ1n) is 4.11. The van der Waals surface area contributed by atoms with Crippen molar-refractivity contribution in [3.8, 4) is 0 Å². The summed E-state index contributed by atoms with van der Waals surface area (Å²) in [6.07, 6.45) is 2.63. The third kappa shape index (κ3) is 3.27. The second-order valence-corrected chi connectivity index (χ2v) is 5.12. The number of hydrogen-bond acceptors (Lipinski definition) is 2. The predicted octanol–water partition coefficient (Wildman–Crippen LogP) is 3.87. The van der Waals surface area contributed by atoms with Crippen LogP contribution in [0.15, 0.2) is 21.8 Å². The van der Waals surface area contributed by atoms with E-state index in [1.807, 2.05) is 0 Å². The average Bonchev–Trinajstić information content (AvgIpc) is 2.09. The Morgan fingerprint density at radius 2 is 2.38 bits per heavy atom. The first kappa shape index (κ1) is 11.0.